The molecule has 0 saturated carbocycles. The highest BCUT2D eigenvalue weighted by Crippen LogP contribution is 2.43. The van der Waals surface area contributed by atoms with Gasteiger partial charge in [0.1, 0.15) is 8.07 Å². The summed E-state index contributed by atoms with van der Waals surface area (Å²) in [5.74, 6) is 0.788. The molecule has 9 aromatic rings. The summed E-state index contributed by atoms with van der Waals surface area (Å²) >= 11 is 1.87. The number of para-hydroxylation sites is 1. The molecule has 1 aliphatic rings. The Kier molecular flexibility index (Phi) is 5.60. The van der Waals surface area contributed by atoms with Crippen LogP contribution in [0.25, 0.3) is 81.4 Å². The molecule has 1 aliphatic heterocycles. The summed E-state index contributed by atoms with van der Waals surface area (Å²) in [5, 5.41) is 7.84. The van der Waals surface area contributed by atoms with Crippen LogP contribution in [-0.4, -0.2) is 22.6 Å². The highest BCUT2D eigenvalue weighted by atomic mass is 32.1. The zero-order chi connectivity index (χ0) is 31.3. The summed E-state index contributed by atoms with van der Waals surface area (Å²) in [6, 6.07) is 50.5. The van der Waals surface area contributed by atoms with E-state index in [-0.39, 0.29) is 0 Å². The first-order valence-electron chi connectivity index (χ1n) is 16.1. The van der Waals surface area contributed by atoms with Crippen molar-refractivity contribution in [3.8, 4) is 39.5 Å². The van der Waals surface area contributed by atoms with Gasteiger partial charge in [-0.25, -0.2) is 9.97 Å². The van der Waals surface area contributed by atoms with E-state index in [4.69, 9.17) is 9.97 Å². The number of thiophene rings is 1. The summed E-state index contributed by atoms with van der Waals surface area (Å²) < 4.78 is 5.08. The molecule has 0 radical (unpaired) electrons. The molecule has 222 valence electrons. The molecule has 5 heteroatoms. The van der Waals surface area contributed by atoms with Gasteiger partial charge in [0.05, 0.1) is 16.7 Å². The van der Waals surface area contributed by atoms with E-state index in [1.54, 1.807) is 0 Å². The molecule has 0 fully saturated rings. The van der Waals surface area contributed by atoms with Crippen molar-refractivity contribution in [2.24, 2.45) is 0 Å². The van der Waals surface area contributed by atoms with E-state index in [0.29, 0.717) is 0 Å². The SMILES string of the molecule is C[Si]1(C)c2ccccc2-c2c(-c3ccccc3)nc(-c3ccc(-n4c5ccccc5c5ccc6sc7ccccc7c6c54)cc3)nc21. The third-order valence-electron chi connectivity index (χ3n) is 9.98. The Morgan fingerprint density at radius 1 is 0.574 bits per heavy atom. The number of fused-ring (bicyclic) bond motifs is 10. The molecule has 0 saturated heterocycles. The van der Waals surface area contributed by atoms with E-state index >= 15 is 0 Å². The van der Waals surface area contributed by atoms with E-state index in [0.717, 1.165) is 28.3 Å². The van der Waals surface area contributed by atoms with Crippen LogP contribution in [0.2, 0.25) is 13.1 Å². The van der Waals surface area contributed by atoms with Crippen LogP contribution in [0.1, 0.15) is 0 Å². The van der Waals surface area contributed by atoms with Gasteiger partial charge < -0.3 is 4.57 Å². The number of nitrogens with zero attached hydrogens (tertiary/aromatic N) is 3. The lowest BCUT2D eigenvalue weighted by molar-refractivity contribution is 1.18. The third-order valence-corrected chi connectivity index (χ3v) is 14.4. The fourth-order valence-corrected chi connectivity index (χ4v) is 11.8. The van der Waals surface area contributed by atoms with Crippen LogP contribution in [0.5, 0.6) is 0 Å². The number of aromatic nitrogens is 3. The number of hydrogen-bond donors (Lipinski definition) is 0. The van der Waals surface area contributed by atoms with E-state index < -0.39 is 8.07 Å². The van der Waals surface area contributed by atoms with Gasteiger partial charge >= 0.3 is 0 Å². The molecule has 47 heavy (non-hydrogen) atoms. The lowest BCUT2D eigenvalue weighted by Crippen LogP contribution is -2.50. The number of rotatable bonds is 3. The molecule has 0 spiro atoms. The van der Waals surface area contributed by atoms with Gasteiger partial charge in [-0.3, -0.25) is 0 Å². The molecule has 0 atom stereocenters. The molecule has 3 aromatic heterocycles. The number of benzene rings is 6. The van der Waals surface area contributed by atoms with Crippen molar-refractivity contribution in [2.75, 3.05) is 0 Å². The van der Waals surface area contributed by atoms with Crippen LogP contribution in [0.4, 0.5) is 0 Å². The standard InChI is InChI=1S/C42H29N3SSi/c1-47(2)36-19-11-8-16-32(36)38-39(26-12-4-3-5-13-26)43-41(44-42(38)47)27-20-22-28(23-21-27)45-33-17-9-6-14-29(33)30-24-25-35-37(40(30)45)31-15-7-10-18-34(31)46-35/h3-25H,1-2H3. The highest BCUT2D eigenvalue weighted by Gasteiger charge is 2.41. The maximum atomic E-state index is 5.38. The number of hydrogen-bond acceptors (Lipinski definition) is 3. The van der Waals surface area contributed by atoms with E-state index in [1.807, 2.05) is 11.3 Å². The van der Waals surface area contributed by atoms with Gasteiger partial charge in [-0.2, -0.15) is 0 Å². The fourth-order valence-electron chi connectivity index (χ4n) is 7.77. The molecule has 0 aliphatic carbocycles. The Balaban J connectivity index is 1.19. The van der Waals surface area contributed by atoms with Crippen LogP contribution in [0.15, 0.2) is 140 Å². The van der Waals surface area contributed by atoms with E-state index in [2.05, 4.69) is 157 Å². The Morgan fingerprint density at radius 2 is 1.30 bits per heavy atom. The summed E-state index contributed by atoms with van der Waals surface area (Å²) in [6.07, 6.45) is 0. The van der Waals surface area contributed by atoms with Crippen LogP contribution >= 0.6 is 11.3 Å². The maximum Gasteiger partial charge on any atom is 0.159 e. The van der Waals surface area contributed by atoms with E-state index in [9.17, 15) is 0 Å². The Labute approximate surface area is 277 Å². The van der Waals surface area contributed by atoms with Gasteiger partial charge in [-0.1, -0.05) is 110 Å². The molecule has 0 bridgehead atoms. The molecule has 6 aromatic carbocycles. The van der Waals surface area contributed by atoms with Gasteiger partial charge in [-0.15, -0.1) is 11.3 Å². The molecule has 4 heterocycles. The molecule has 0 amide bonds. The minimum absolute atomic E-state index is 0.788. The minimum atomic E-state index is -2.02. The fraction of sp³-hybridized carbons (Fsp3) is 0.0476. The first-order chi connectivity index (χ1) is 23.1. The zero-order valence-electron chi connectivity index (χ0n) is 26.0. The normalized spacial score (nSPS) is 13.5. The van der Waals surface area contributed by atoms with Gasteiger partial charge in [0.15, 0.2) is 5.82 Å². The minimum Gasteiger partial charge on any atom is -0.309 e. The Morgan fingerprint density at radius 3 is 2.15 bits per heavy atom. The topological polar surface area (TPSA) is 30.7 Å². The average molecular weight is 636 g/mol. The van der Waals surface area contributed by atoms with Crippen LogP contribution in [0.3, 0.4) is 0 Å². The predicted octanol–water partition coefficient (Wildman–Crippen LogP) is 10.1. The largest absolute Gasteiger partial charge is 0.309 e. The van der Waals surface area contributed by atoms with Crippen LogP contribution in [0, 0.1) is 0 Å². The van der Waals surface area contributed by atoms with Gasteiger partial charge in [-0.05, 0) is 53.2 Å². The van der Waals surface area contributed by atoms with Crippen LogP contribution < -0.4 is 10.5 Å². The van der Waals surface area contributed by atoms with Crippen molar-refractivity contribution >= 4 is 71.9 Å². The Bertz CT molecular complexity index is 2700. The summed E-state index contributed by atoms with van der Waals surface area (Å²) in [7, 11) is -2.02. The van der Waals surface area contributed by atoms with Crippen molar-refractivity contribution in [3.63, 3.8) is 0 Å². The molecule has 10 rings (SSSR count). The third kappa shape index (κ3) is 3.78. The second-order valence-corrected chi connectivity index (χ2v) is 18.3. The first kappa shape index (κ1) is 26.8. The van der Waals surface area contributed by atoms with Crippen molar-refractivity contribution in [1.82, 2.24) is 14.5 Å². The molecule has 3 nitrogen and oxygen atoms in total. The lowest BCUT2D eigenvalue weighted by Gasteiger charge is -2.19. The lowest BCUT2D eigenvalue weighted by atomic mass is 10.0. The maximum absolute atomic E-state index is 5.38. The predicted molar refractivity (Wildman–Crippen MR) is 202 cm³/mol. The monoisotopic (exact) mass is 635 g/mol. The van der Waals surface area contributed by atoms with E-state index in [1.165, 1.54) is 63.6 Å². The zero-order valence-corrected chi connectivity index (χ0v) is 27.8. The van der Waals surface area contributed by atoms with Gasteiger partial charge in [0.25, 0.3) is 0 Å². The summed E-state index contributed by atoms with van der Waals surface area (Å²) in [4.78, 5) is 10.7. The highest BCUT2D eigenvalue weighted by molar-refractivity contribution is 7.26. The van der Waals surface area contributed by atoms with Crippen molar-refractivity contribution < 1.29 is 0 Å². The van der Waals surface area contributed by atoms with Gasteiger partial charge in [0, 0.05) is 58.6 Å². The average Bonchev–Trinajstić information content (AvgIpc) is 3.74. The molecular formula is C42H29N3SSi. The van der Waals surface area contributed by atoms with Crippen molar-refractivity contribution in [2.45, 2.75) is 13.1 Å². The van der Waals surface area contributed by atoms with Crippen LogP contribution in [-0.2, 0) is 0 Å². The molecule has 0 unspecified atom stereocenters. The molecule has 0 N–H and O–H groups in total. The van der Waals surface area contributed by atoms with Crippen molar-refractivity contribution in [1.29, 1.82) is 0 Å². The molecular weight excluding hydrogens is 607 g/mol. The smallest absolute Gasteiger partial charge is 0.159 e. The second kappa shape index (κ2) is 9.82. The quantitative estimate of drug-likeness (QED) is 0.181. The Hall–Kier alpha value is -5.36. The van der Waals surface area contributed by atoms with Gasteiger partial charge in [0.2, 0.25) is 0 Å². The second-order valence-electron chi connectivity index (χ2n) is 13.0. The van der Waals surface area contributed by atoms with Crippen molar-refractivity contribution in [3.05, 3.63) is 140 Å². The first-order valence-corrected chi connectivity index (χ1v) is 19.9. The summed E-state index contributed by atoms with van der Waals surface area (Å²) in [5.41, 5.74) is 9.29. The summed E-state index contributed by atoms with van der Waals surface area (Å²) in [6.45, 7) is 4.84.